The molecule has 1 fully saturated rings. The number of ether oxygens (including phenoxy) is 1. The molecular formula is C15H21N3O3. The van der Waals surface area contributed by atoms with Gasteiger partial charge in [-0.15, -0.1) is 0 Å². The van der Waals surface area contributed by atoms with Crippen LogP contribution >= 0.6 is 0 Å². The fourth-order valence-corrected chi connectivity index (χ4v) is 2.79. The minimum atomic E-state index is -0.454. The van der Waals surface area contributed by atoms with Gasteiger partial charge in [0.1, 0.15) is 5.75 Å². The van der Waals surface area contributed by atoms with E-state index in [-0.39, 0.29) is 12.5 Å². The van der Waals surface area contributed by atoms with Crippen molar-refractivity contribution in [3.8, 4) is 5.75 Å². The van der Waals surface area contributed by atoms with E-state index in [4.69, 9.17) is 9.84 Å². The van der Waals surface area contributed by atoms with Crippen LogP contribution in [0.25, 0.3) is 0 Å². The number of piperazine rings is 1. The van der Waals surface area contributed by atoms with Gasteiger partial charge in [-0.1, -0.05) is 12.1 Å². The number of hydrogen-bond acceptors (Lipinski definition) is 5. The highest BCUT2D eigenvalue weighted by atomic mass is 16.5. The third-order valence-corrected chi connectivity index (χ3v) is 4.01. The first-order valence-corrected chi connectivity index (χ1v) is 7.39. The van der Waals surface area contributed by atoms with Gasteiger partial charge in [0, 0.05) is 32.7 Å². The summed E-state index contributed by atoms with van der Waals surface area (Å²) in [6.45, 7) is 4.36. The summed E-state index contributed by atoms with van der Waals surface area (Å²) in [6.07, 6.45) is -0.454. The van der Waals surface area contributed by atoms with Crippen LogP contribution in [0.3, 0.4) is 0 Å². The molecule has 1 aromatic carbocycles. The molecule has 21 heavy (non-hydrogen) atoms. The molecule has 1 atom stereocenters. The molecule has 0 aliphatic carbocycles. The lowest BCUT2D eigenvalue weighted by molar-refractivity contribution is -0.140. The van der Waals surface area contributed by atoms with Crippen molar-refractivity contribution in [2.75, 3.05) is 51.2 Å². The molecule has 2 aliphatic heterocycles. The number of fused-ring (bicyclic) bond motifs is 1. The summed E-state index contributed by atoms with van der Waals surface area (Å²) in [6, 6.07) is 7.67. The van der Waals surface area contributed by atoms with Crippen LogP contribution in [-0.2, 0) is 4.79 Å². The topological polar surface area (TPSA) is 65.0 Å². The van der Waals surface area contributed by atoms with Gasteiger partial charge in [0.15, 0.2) is 6.10 Å². The summed E-state index contributed by atoms with van der Waals surface area (Å²) >= 11 is 0. The van der Waals surface area contributed by atoms with E-state index in [1.54, 1.807) is 0 Å². The minimum absolute atomic E-state index is 0.0423. The van der Waals surface area contributed by atoms with E-state index in [1.807, 2.05) is 29.2 Å². The van der Waals surface area contributed by atoms with Gasteiger partial charge in [-0.3, -0.25) is 9.69 Å². The fourth-order valence-electron chi connectivity index (χ4n) is 2.79. The van der Waals surface area contributed by atoms with Crippen molar-refractivity contribution in [2.45, 2.75) is 6.10 Å². The van der Waals surface area contributed by atoms with Crippen molar-refractivity contribution in [1.29, 1.82) is 0 Å². The predicted octanol–water partition coefficient (Wildman–Crippen LogP) is -0.00400. The third-order valence-electron chi connectivity index (χ3n) is 4.01. The second-order valence-corrected chi connectivity index (χ2v) is 5.37. The number of benzene rings is 1. The predicted molar refractivity (Wildman–Crippen MR) is 79.5 cm³/mol. The van der Waals surface area contributed by atoms with Crippen LogP contribution in [0.1, 0.15) is 0 Å². The number of amides is 1. The molecule has 1 unspecified atom stereocenters. The molecule has 1 saturated heterocycles. The van der Waals surface area contributed by atoms with E-state index in [1.165, 1.54) is 0 Å². The Balaban J connectivity index is 1.57. The molecule has 2 aliphatic rings. The maximum absolute atomic E-state index is 12.5. The van der Waals surface area contributed by atoms with Gasteiger partial charge >= 0.3 is 0 Å². The molecule has 2 N–H and O–H groups in total. The summed E-state index contributed by atoms with van der Waals surface area (Å²) in [5.74, 6) is 0.779. The van der Waals surface area contributed by atoms with E-state index in [2.05, 4.69) is 10.2 Å². The van der Waals surface area contributed by atoms with E-state index >= 15 is 0 Å². The molecular weight excluding hydrogens is 270 g/mol. The number of carbonyl (C=O) groups is 1. The summed E-state index contributed by atoms with van der Waals surface area (Å²) < 4.78 is 5.81. The zero-order valence-corrected chi connectivity index (χ0v) is 12.0. The maximum Gasteiger partial charge on any atom is 0.265 e. The van der Waals surface area contributed by atoms with Crippen molar-refractivity contribution >= 4 is 11.6 Å². The van der Waals surface area contributed by atoms with Crippen molar-refractivity contribution in [3.63, 3.8) is 0 Å². The Morgan fingerprint density at radius 3 is 2.81 bits per heavy atom. The number of aliphatic hydroxyl groups is 1. The van der Waals surface area contributed by atoms with Crippen LogP contribution in [0, 0.1) is 0 Å². The maximum atomic E-state index is 12.5. The van der Waals surface area contributed by atoms with Crippen LogP contribution < -0.4 is 10.1 Å². The Labute approximate surface area is 124 Å². The molecule has 6 heteroatoms. The molecule has 0 spiro atoms. The Morgan fingerprint density at radius 2 is 2.05 bits per heavy atom. The molecule has 2 heterocycles. The normalized spacial score (nSPS) is 22.1. The van der Waals surface area contributed by atoms with Gasteiger partial charge in [0.25, 0.3) is 5.91 Å². The van der Waals surface area contributed by atoms with Crippen LogP contribution in [-0.4, -0.2) is 72.8 Å². The number of nitrogens with one attached hydrogen (secondary N) is 1. The average molecular weight is 291 g/mol. The largest absolute Gasteiger partial charge is 0.477 e. The molecule has 0 aromatic heterocycles. The standard InChI is InChI=1S/C15H21N3O3/c19-10-9-17-5-7-18(8-6-17)15(20)14-11-16-12-3-1-2-4-13(12)21-14/h1-4,14,16,19H,5-11H2. The molecule has 3 rings (SSSR count). The Morgan fingerprint density at radius 1 is 1.29 bits per heavy atom. The number of aliphatic hydroxyl groups excluding tert-OH is 1. The molecule has 1 aromatic rings. The van der Waals surface area contributed by atoms with Gasteiger partial charge in [0.05, 0.1) is 18.8 Å². The number of carbonyl (C=O) groups excluding carboxylic acids is 1. The van der Waals surface area contributed by atoms with Gasteiger partial charge in [-0.05, 0) is 12.1 Å². The number of anilines is 1. The number of hydrogen-bond donors (Lipinski definition) is 2. The highest BCUT2D eigenvalue weighted by Gasteiger charge is 2.31. The number of nitrogens with zero attached hydrogens (tertiary/aromatic N) is 2. The zero-order valence-electron chi connectivity index (χ0n) is 12.0. The fraction of sp³-hybridized carbons (Fsp3) is 0.533. The molecule has 0 bridgehead atoms. The lowest BCUT2D eigenvalue weighted by Gasteiger charge is -2.37. The smallest absolute Gasteiger partial charge is 0.265 e. The van der Waals surface area contributed by atoms with Gasteiger partial charge in [0.2, 0.25) is 0 Å². The summed E-state index contributed by atoms with van der Waals surface area (Å²) in [5, 5.41) is 12.2. The molecule has 6 nitrogen and oxygen atoms in total. The van der Waals surface area contributed by atoms with Gasteiger partial charge < -0.3 is 20.1 Å². The monoisotopic (exact) mass is 291 g/mol. The average Bonchev–Trinajstić information content (AvgIpc) is 2.55. The third kappa shape index (κ3) is 3.11. The zero-order chi connectivity index (χ0) is 14.7. The SMILES string of the molecule is O=C(C1CNc2ccccc2O1)N1CCN(CCO)CC1. The van der Waals surface area contributed by atoms with Crippen LogP contribution in [0.4, 0.5) is 5.69 Å². The lowest BCUT2D eigenvalue weighted by atomic mass is 10.2. The van der Waals surface area contributed by atoms with Crippen molar-refractivity contribution in [3.05, 3.63) is 24.3 Å². The number of rotatable bonds is 3. The summed E-state index contributed by atoms with van der Waals surface area (Å²) in [5.41, 5.74) is 0.939. The number of para-hydroxylation sites is 2. The Hall–Kier alpha value is -1.79. The minimum Gasteiger partial charge on any atom is -0.477 e. The second kappa shape index (κ2) is 6.32. The lowest BCUT2D eigenvalue weighted by Crippen LogP contribution is -2.54. The first kappa shape index (κ1) is 14.2. The molecule has 0 saturated carbocycles. The van der Waals surface area contributed by atoms with Crippen molar-refractivity contribution in [1.82, 2.24) is 9.80 Å². The van der Waals surface area contributed by atoms with Gasteiger partial charge in [-0.25, -0.2) is 0 Å². The Kier molecular flexibility index (Phi) is 4.26. The number of β-amino-alcohol motifs (C(OH)–C–C–N with tert-alkyl or cyclic N) is 1. The van der Waals surface area contributed by atoms with Gasteiger partial charge in [-0.2, -0.15) is 0 Å². The van der Waals surface area contributed by atoms with E-state index in [0.29, 0.717) is 26.2 Å². The quantitative estimate of drug-likeness (QED) is 0.820. The van der Waals surface area contributed by atoms with Crippen molar-refractivity contribution < 1.29 is 14.6 Å². The molecule has 1 amide bonds. The van der Waals surface area contributed by atoms with E-state index in [9.17, 15) is 4.79 Å². The highest BCUT2D eigenvalue weighted by Crippen LogP contribution is 2.28. The molecule has 0 radical (unpaired) electrons. The Bertz CT molecular complexity index is 501. The first-order chi connectivity index (χ1) is 10.3. The summed E-state index contributed by atoms with van der Waals surface area (Å²) in [7, 11) is 0. The molecule has 114 valence electrons. The van der Waals surface area contributed by atoms with Crippen molar-refractivity contribution in [2.24, 2.45) is 0 Å². The highest BCUT2D eigenvalue weighted by molar-refractivity contribution is 5.83. The van der Waals surface area contributed by atoms with E-state index in [0.717, 1.165) is 24.5 Å². The first-order valence-electron chi connectivity index (χ1n) is 7.39. The summed E-state index contributed by atoms with van der Waals surface area (Å²) in [4.78, 5) is 16.5. The van der Waals surface area contributed by atoms with E-state index < -0.39 is 6.10 Å². The van der Waals surface area contributed by atoms with Crippen LogP contribution in [0.5, 0.6) is 5.75 Å². The van der Waals surface area contributed by atoms with Crippen LogP contribution in [0.2, 0.25) is 0 Å². The van der Waals surface area contributed by atoms with Crippen LogP contribution in [0.15, 0.2) is 24.3 Å². The second-order valence-electron chi connectivity index (χ2n) is 5.37.